The fourth-order valence-electron chi connectivity index (χ4n) is 3.93. The number of halogens is 1. The van der Waals surface area contributed by atoms with E-state index in [1.54, 1.807) is 18.9 Å². The van der Waals surface area contributed by atoms with Crippen molar-refractivity contribution in [1.82, 2.24) is 30.4 Å². The quantitative estimate of drug-likeness (QED) is 0.458. The standard InChI is InChI=1S/C23H28FN7O3/c1-5-33-21-26-11-16(24)20(28-21)27-19-15-13-31(23(2,3)18(15)29-30-19)22(32)34-17(12-25-4)14-9-7-6-8-10-14/h6-11,17,25H,5,12-13H2,1-4H3,(H2,26,27,28,29,30)/t17-/m1/s1. The highest BCUT2D eigenvalue weighted by molar-refractivity contribution is 5.72. The van der Waals surface area contributed by atoms with Gasteiger partial charge in [0.1, 0.15) is 6.10 Å². The summed E-state index contributed by atoms with van der Waals surface area (Å²) in [6, 6.07) is 9.63. The number of aromatic nitrogens is 4. The van der Waals surface area contributed by atoms with Crippen molar-refractivity contribution >= 4 is 17.7 Å². The van der Waals surface area contributed by atoms with Gasteiger partial charge >= 0.3 is 12.1 Å². The van der Waals surface area contributed by atoms with E-state index >= 15 is 0 Å². The normalized spacial score (nSPS) is 15.0. The van der Waals surface area contributed by atoms with Gasteiger partial charge < -0.3 is 20.1 Å². The summed E-state index contributed by atoms with van der Waals surface area (Å²) < 4.78 is 25.5. The van der Waals surface area contributed by atoms with E-state index in [-0.39, 0.29) is 18.4 Å². The van der Waals surface area contributed by atoms with Gasteiger partial charge in [0.05, 0.1) is 30.6 Å². The van der Waals surface area contributed by atoms with Gasteiger partial charge in [-0.05, 0) is 33.4 Å². The number of rotatable bonds is 8. The van der Waals surface area contributed by atoms with Crippen molar-refractivity contribution < 1.29 is 18.7 Å². The number of hydrogen-bond acceptors (Lipinski definition) is 8. The lowest BCUT2D eigenvalue weighted by atomic mass is 10.0. The molecule has 11 heteroatoms. The highest BCUT2D eigenvalue weighted by Gasteiger charge is 2.45. The molecule has 0 aliphatic carbocycles. The number of nitrogens with zero attached hydrogens (tertiary/aromatic N) is 4. The zero-order valence-corrected chi connectivity index (χ0v) is 19.6. The summed E-state index contributed by atoms with van der Waals surface area (Å²) in [4.78, 5) is 22.7. The number of anilines is 2. The number of amides is 1. The van der Waals surface area contributed by atoms with Gasteiger partial charge in [0.2, 0.25) is 0 Å². The number of ether oxygens (including phenoxy) is 2. The Balaban J connectivity index is 1.55. The van der Waals surface area contributed by atoms with E-state index in [0.29, 0.717) is 19.0 Å². The zero-order valence-electron chi connectivity index (χ0n) is 19.6. The molecule has 1 amide bonds. The van der Waals surface area contributed by atoms with Crippen LogP contribution in [0.4, 0.5) is 20.8 Å². The largest absolute Gasteiger partial charge is 0.464 e. The molecule has 34 heavy (non-hydrogen) atoms. The first-order valence-corrected chi connectivity index (χ1v) is 11.0. The smallest absolute Gasteiger partial charge is 0.411 e. The lowest BCUT2D eigenvalue weighted by molar-refractivity contribution is 0.0349. The molecule has 1 atom stereocenters. The average molecular weight is 470 g/mol. The van der Waals surface area contributed by atoms with E-state index in [2.05, 4.69) is 30.8 Å². The van der Waals surface area contributed by atoms with Crippen LogP contribution in [0.1, 0.15) is 43.7 Å². The van der Waals surface area contributed by atoms with Crippen LogP contribution in [0.3, 0.4) is 0 Å². The topological polar surface area (TPSA) is 117 Å². The predicted molar refractivity (Wildman–Crippen MR) is 123 cm³/mol. The number of carbonyl (C=O) groups excluding carboxylic acids is 1. The van der Waals surface area contributed by atoms with Gasteiger partial charge in [-0.25, -0.2) is 14.2 Å². The number of likely N-dealkylation sites (N-methyl/N-ethyl adjacent to an activating group) is 1. The second-order valence-corrected chi connectivity index (χ2v) is 8.32. The lowest BCUT2D eigenvalue weighted by Gasteiger charge is -2.32. The van der Waals surface area contributed by atoms with E-state index in [1.165, 1.54) is 0 Å². The van der Waals surface area contributed by atoms with Crippen molar-refractivity contribution in [3.8, 4) is 6.01 Å². The number of carbonyl (C=O) groups is 1. The van der Waals surface area contributed by atoms with Crippen LogP contribution in [-0.4, -0.2) is 51.4 Å². The summed E-state index contributed by atoms with van der Waals surface area (Å²) in [5.41, 5.74) is 1.63. The number of H-pyrrole nitrogens is 1. The third kappa shape index (κ3) is 4.51. The first-order valence-electron chi connectivity index (χ1n) is 11.0. The van der Waals surface area contributed by atoms with Crippen LogP contribution in [0.25, 0.3) is 0 Å². The number of fused-ring (bicyclic) bond motifs is 1. The zero-order chi connectivity index (χ0) is 24.3. The summed E-state index contributed by atoms with van der Waals surface area (Å²) in [5.74, 6) is -0.343. The van der Waals surface area contributed by atoms with Crippen LogP contribution >= 0.6 is 0 Å². The van der Waals surface area contributed by atoms with Gasteiger partial charge in [0.25, 0.3) is 0 Å². The molecule has 0 unspecified atom stereocenters. The minimum absolute atomic E-state index is 0.0561. The molecule has 3 heterocycles. The molecule has 0 bridgehead atoms. The molecule has 1 aliphatic heterocycles. The fraction of sp³-hybridized carbons (Fsp3) is 0.391. The molecule has 0 fully saturated rings. The van der Waals surface area contributed by atoms with Crippen LogP contribution in [0.2, 0.25) is 0 Å². The van der Waals surface area contributed by atoms with Gasteiger partial charge in [-0.1, -0.05) is 30.3 Å². The second-order valence-electron chi connectivity index (χ2n) is 8.32. The molecule has 3 N–H and O–H groups in total. The number of aromatic amines is 1. The average Bonchev–Trinajstić information content (AvgIpc) is 3.34. The van der Waals surface area contributed by atoms with Gasteiger partial charge in [-0.15, -0.1) is 0 Å². The summed E-state index contributed by atoms with van der Waals surface area (Å²) in [6.45, 7) is 6.64. The molecule has 180 valence electrons. The number of benzene rings is 1. The summed E-state index contributed by atoms with van der Waals surface area (Å²) in [5, 5.41) is 13.2. The van der Waals surface area contributed by atoms with E-state index in [4.69, 9.17) is 9.47 Å². The highest BCUT2D eigenvalue weighted by Crippen LogP contribution is 2.42. The molecular weight excluding hydrogens is 441 g/mol. The fourth-order valence-corrected chi connectivity index (χ4v) is 3.93. The molecule has 0 spiro atoms. The van der Waals surface area contributed by atoms with E-state index in [1.807, 2.05) is 44.2 Å². The Bertz CT molecular complexity index is 1150. The van der Waals surface area contributed by atoms with Crippen LogP contribution < -0.4 is 15.4 Å². The second kappa shape index (κ2) is 9.64. The Hall–Kier alpha value is -3.73. The van der Waals surface area contributed by atoms with Crippen molar-refractivity contribution in [2.24, 2.45) is 0 Å². The molecule has 3 aromatic rings. The van der Waals surface area contributed by atoms with Crippen molar-refractivity contribution in [2.45, 2.75) is 39.0 Å². The van der Waals surface area contributed by atoms with E-state index < -0.39 is 23.6 Å². The number of hydrogen-bond donors (Lipinski definition) is 3. The molecule has 1 aliphatic rings. The van der Waals surface area contributed by atoms with Crippen molar-refractivity contribution in [2.75, 3.05) is 25.5 Å². The third-order valence-corrected chi connectivity index (χ3v) is 5.73. The van der Waals surface area contributed by atoms with Gasteiger partial charge in [-0.3, -0.25) is 10.00 Å². The predicted octanol–water partition coefficient (Wildman–Crippen LogP) is 3.63. The Kier molecular flexibility index (Phi) is 6.64. The molecule has 4 rings (SSSR count). The SMILES string of the molecule is CCOc1ncc(F)c(Nc2n[nH]c3c2CN(C(=O)O[C@H](CNC)c2ccccc2)C3(C)C)n1. The Morgan fingerprint density at radius 2 is 2.06 bits per heavy atom. The Morgan fingerprint density at radius 3 is 2.76 bits per heavy atom. The van der Waals surface area contributed by atoms with E-state index in [0.717, 1.165) is 23.0 Å². The van der Waals surface area contributed by atoms with Crippen molar-refractivity contribution in [1.29, 1.82) is 0 Å². The van der Waals surface area contributed by atoms with Gasteiger partial charge in [0, 0.05) is 12.1 Å². The lowest BCUT2D eigenvalue weighted by Crippen LogP contribution is -2.42. The summed E-state index contributed by atoms with van der Waals surface area (Å²) >= 11 is 0. The third-order valence-electron chi connectivity index (χ3n) is 5.73. The first-order chi connectivity index (χ1) is 16.3. The van der Waals surface area contributed by atoms with Gasteiger partial charge in [0.15, 0.2) is 17.5 Å². The van der Waals surface area contributed by atoms with Crippen LogP contribution in [0.5, 0.6) is 6.01 Å². The molecule has 10 nitrogen and oxygen atoms in total. The maximum Gasteiger partial charge on any atom is 0.411 e. The molecule has 0 saturated carbocycles. The maximum absolute atomic E-state index is 14.3. The highest BCUT2D eigenvalue weighted by atomic mass is 19.1. The molecule has 1 aromatic carbocycles. The first kappa shape index (κ1) is 23.4. The van der Waals surface area contributed by atoms with E-state index in [9.17, 15) is 9.18 Å². The van der Waals surface area contributed by atoms with Crippen molar-refractivity contribution in [3.63, 3.8) is 0 Å². The molecule has 0 radical (unpaired) electrons. The van der Waals surface area contributed by atoms with Crippen LogP contribution in [0, 0.1) is 5.82 Å². The monoisotopic (exact) mass is 469 g/mol. The molecule has 2 aromatic heterocycles. The Morgan fingerprint density at radius 1 is 1.29 bits per heavy atom. The van der Waals surface area contributed by atoms with Crippen LogP contribution in [0.15, 0.2) is 36.5 Å². The number of nitrogens with one attached hydrogen (secondary N) is 3. The minimum atomic E-state index is -0.721. The van der Waals surface area contributed by atoms with Gasteiger partial charge in [-0.2, -0.15) is 10.1 Å². The van der Waals surface area contributed by atoms with Crippen molar-refractivity contribution in [3.05, 3.63) is 59.2 Å². The summed E-state index contributed by atoms with van der Waals surface area (Å²) in [6.07, 6.45) is 0.125. The molecule has 0 saturated heterocycles. The Labute approximate surface area is 196 Å². The van der Waals surface area contributed by atoms with Crippen LogP contribution in [-0.2, 0) is 16.8 Å². The summed E-state index contributed by atoms with van der Waals surface area (Å²) in [7, 11) is 1.81. The maximum atomic E-state index is 14.3. The minimum Gasteiger partial charge on any atom is -0.464 e. The molecular formula is C23H28FN7O3.